The number of halogens is 2. The van der Waals surface area contributed by atoms with Crippen molar-refractivity contribution in [3.05, 3.63) is 48.3 Å². The highest BCUT2D eigenvalue weighted by molar-refractivity contribution is 5.80. The zero-order valence-corrected chi connectivity index (χ0v) is 16.1. The smallest absolute Gasteiger partial charge is 0.229 e. The summed E-state index contributed by atoms with van der Waals surface area (Å²) in [6, 6.07) is 3.57. The lowest BCUT2D eigenvalue weighted by Crippen LogP contribution is -2.49. The molecule has 3 aromatic rings. The Morgan fingerprint density at radius 1 is 1.20 bits per heavy atom. The number of alkyl halides is 1. The van der Waals surface area contributed by atoms with Gasteiger partial charge in [-0.25, -0.2) is 13.8 Å². The third-order valence-electron chi connectivity index (χ3n) is 5.66. The number of piperidine rings is 1. The largest absolute Gasteiger partial charge is 0.488 e. The van der Waals surface area contributed by atoms with Crippen molar-refractivity contribution in [1.82, 2.24) is 24.5 Å². The minimum atomic E-state index is -1.33. The van der Waals surface area contributed by atoms with Crippen LogP contribution in [0.5, 0.6) is 5.75 Å². The van der Waals surface area contributed by atoms with E-state index in [1.807, 2.05) is 4.90 Å². The molecule has 8 nitrogen and oxygen atoms in total. The van der Waals surface area contributed by atoms with Gasteiger partial charge in [-0.2, -0.15) is 9.61 Å². The maximum absolute atomic E-state index is 15.1. The lowest BCUT2D eigenvalue weighted by atomic mass is 9.93. The molecular formula is C20H20F2N6O2. The number of aromatic nitrogens is 4. The first-order valence-electron chi connectivity index (χ1n) is 9.83. The van der Waals surface area contributed by atoms with Crippen molar-refractivity contribution in [1.29, 1.82) is 0 Å². The molecular weight excluding hydrogens is 394 g/mol. The van der Waals surface area contributed by atoms with Gasteiger partial charge < -0.3 is 14.5 Å². The average Bonchev–Trinajstić information content (AvgIpc) is 3.12. The molecule has 0 N–H and O–H groups in total. The normalized spacial score (nSPS) is 21.8. The van der Waals surface area contributed by atoms with Gasteiger partial charge in [0.25, 0.3) is 0 Å². The van der Waals surface area contributed by atoms with Crippen molar-refractivity contribution in [2.24, 2.45) is 5.92 Å². The predicted molar refractivity (Wildman–Crippen MR) is 103 cm³/mol. The van der Waals surface area contributed by atoms with Crippen molar-refractivity contribution in [2.75, 3.05) is 31.1 Å². The topological polar surface area (TPSA) is 75.9 Å². The van der Waals surface area contributed by atoms with E-state index in [0.29, 0.717) is 24.2 Å². The lowest BCUT2D eigenvalue weighted by Gasteiger charge is -2.37. The summed E-state index contributed by atoms with van der Waals surface area (Å²) >= 11 is 0. The van der Waals surface area contributed by atoms with Crippen LogP contribution in [-0.2, 0) is 11.3 Å². The van der Waals surface area contributed by atoms with Gasteiger partial charge in [-0.15, -0.1) is 0 Å². The first-order valence-corrected chi connectivity index (χ1v) is 9.83. The van der Waals surface area contributed by atoms with Gasteiger partial charge in [0.1, 0.15) is 18.6 Å². The Balaban J connectivity index is 1.31. The van der Waals surface area contributed by atoms with Crippen molar-refractivity contribution in [3.8, 4) is 5.75 Å². The van der Waals surface area contributed by atoms with Gasteiger partial charge in [0.15, 0.2) is 17.2 Å². The highest BCUT2D eigenvalue weighted by Gasteiger charge is 2.38. The van der Waals surface area contributed by atoms with E-state index in [2.05, 4.69) is 15.1 Å². The Hall–Kier alpha value is -3.30. The summed E-state index contributed by atoms with van der Waals surface area (Å²) in [4.78, 5) is 24.6. The maximum Gasteiger partial charge on any atom is 0.229 e. The minimum Gasteiger partial charge on any atom is -0.488 e. The van der Waals surface area contributed by atoms with Crippen LogP contribution in [0.4, 0.5) is 14.6 Å². The molecule has 2 atom stereocenters. The molecule has 0 bridgehead atoms. The van der Waals surface area contributed by atoms with Gasteiger partial charge in [0.2, 0.25) is 5.91 Å². The molecule has 0 spiro atoms. The Morgan fingerprint density at radius 2 is 2.10 bits per heavy atom. The highest BCUT2D eigenvalue weighted by atomic mass is 19.1. The summed E-state index contributed by atoms with van der Waals surface area (Å²) in [5.74, 6) is -0.716. The third-order valence-corrected chi connectivity index (χ3v) is 5.66. The number of carbonyl (C=O) groups excluding carboxylic acids is 1. The molecule has 0 saturated carbocycles. The number of rotatable bonds is 2. The average molecular weight is 414 g/mol. The van der Waals surface area contributed by atoms with E-state index < -0.39 is 17.9 Å². The summed E-state index contributed by atoms with van der Waals surface area (Å²) in [5, 5.41) is 4.25. The number of fused-ring (bicyclic) bond motifs is 2. The van der Waals surface area contributed by atoms with Crippen LogP contribution in [0.15, 0.2) is 36.9 Å². The van der Waals surface area contributed by atoms with Crippen LogP contribution in [0.2, 0.25) is 0 Å². The van der Waals surface area contributed by atoms with E-state index in [1.165, 1.54) is 11.1 Å². The van der Waals surface area contributed by atoms with Crippen LogP contribution in [-0.4, -0.2) is 62.8 Å². The molecule has 1 fully saturated rings. The molecule has 1 amide bonds. The molecule has 10 heteroatoms. The van der Waals surface area contributed by atoms with Gasteiger partial charge in [0.05, 0.1) is 37.9 Å². The van der Waals surface area contributed by atoms with Crippen LogP contribution in [0.1, 0.15) is 12.0 Å². The summed E-state index contributed by atoms with van der Waals surface area (Å²) in [6.45, 7) is 1.20. The summed E-state index contributed by atoms with van der Waals surface area (Å²) < 4.78 is 36.2. The standard InChI is InChI=1S/C20H20F2N6O2/c21-15-10-23-9-13-11-27(7-8-30-19(13)15)20(29)14-3-6-26(12-16(14)22)18-2-4-24-17-1-5-25-28(17)18/h1-2,4-5,9-10,14,16H,3,6-8,11-12H2/t14-,16-/m0/s1. The van der Waals surface area contributed by atoms with E-state index in [1.54, 1.807) is 29.0 Å². The van der Waals surface area contributed by atoms with Gasteiger partial charge in [-0.1, -0.05) is 0 Å². The molecule has 5 heterocycles. The molecule has 0 aliphatic carbocycles. The Bertz CT molecular complexity index is 1090. The molecule has 2 aliphatic heterocycles. The van der Waals surface area contributed by atoms with Crippen LogP contribution >= 0.6 is 0 Å². The number of ether oxygens (including phenoxy) is 1. The number of pyridine rings is 1. The second kappa shape index (κ2) is 7.51. The van der Waals surface area contributed by atoms with Crippen molar-refractivity contribution in [2.45, 2.75) is 19.1 Å². The number of anilines is 1. The second-order valence-electron chi connectivity index (χ2n) is 7.48. The fraction of sp³-hybridized carbons (Fsp3) is 0.400. The molecule has 0 aromatic carbocycles. The molecule has 0 radical (unpaired) electrons. The number of amides is 1. The highest BCUT2D eigenvalue weighted by Crippen LogP contribution is 2.30. The maximum atomic E-state index is 15.1. The quantitative estimate of drug-likeness (QED) is 0.637. The van der Waals surface area contributed by atoms with E-state index >= 15 is 4.39 Å². The Morgan fingerprint density at radius 3 is 2.97 bits per heavy atom. The molecule has 156 valence electrons. The van der Waals surface area contributed by atoms with Crippen molar-refractivity contribution < 1.29 is 18.3 Å². The van der Waals surface area contributed by atoms with Gasteiger partial charge in [0, 0.05) is 30.6 Å². The number of nitrogens with zero attached hydrogens (tertiary/aromatic N) is 6. The first kappa shape index (κ1) is 18.7. The lowest BCUT2D eigenvalue weighted by molar-refractivity contribution is -0.139. The molecule has 2 aliphatic rings. The fourth-order valence-electron chi connectivity index (χ4n) is 4.15. The molecule has 1 saturated heterocycles. The van der Waals surface area contributed by atoms with Crippen LogP contribution in [0, 0.1) is 11.7 Å². The van der Waals surface area contributed by atoms with Crippen LogP contribution in [0.25, 0.3) is 5.65 Å². The SMILES string of the molecule is O=C([C@H]1CCN(c2ccnc3ccnn23)C[C@@H]1F)N1CCOc2c(F)cncc2C1. The van der Waals surface area contributed by atoms with Gasteiger partial charge >= 0.3 is 0 Å². The van der Waals surface area contributed by atoms with E-state index in [0.717, 1.165) is 12.0 Å². The molecule has 5 rings (SSSR count). The minimum absolute atomic E-state index is 0.0898. The molecule has 3 aromatic heterocycles. The van der Waals surface area contributed by atoms with Gasteiger partial charge in [-0.05, 0) is 12.5 Å². The Kier molecular flexibility index (Phi) is 4.68. The summed E-state index contributed by atoms with van der Waals surface area (Å²) in [6.07, 6.45) is 4.91. The van der Waals surface area contributed by atoms with E-state index in [-0.39, 0.29) is 37.9 Å². The first-order chi connectivity index (χ1) is 14.6. The van der Waals surface area contributed by atoms with Crippen molar-refractivity contribution in [3.63, 3.8) is 0 Å². The number of carbonyl (C=O) groups is 1. The van der Waals surface area contributed by atoms with E-state index in [4.69, 9.17) is 4.74 Å². The zero-order valence-electron chi connectivity index (χ0n) is 16.1. The third kappa shape index (κ3) is 3.21. The Labute approximate surface area is 171 Å². The number of hydrogen-bond donors (Lipinski definition) is 0. The van der Waals surface area contributed by atoms with Crippen molar-refractivity contribution >= 4 is 17.4 Å². The molecule has 0 unspecified atom stereocenters. The summed E-state index contributed by atoms with van der Waals surface area (Å²) in [7, 11) is 0. The van der Waals surface area contributed by atoms with Crippen LogP contribution in [0.3, 0.4) is 0 Å². The fourth-order valence-corrected chi connectivity index (χ4v) is 4.15. The summed E-state index contributed by atoms with van der Waals surface area (Å²) in [5.41, 5.74) is 1.18. The van der Waals surface area contributed by atoms with Crippen LogP contribution < -0.4 is 9.64 Å². The van der Waals surface area contributed by atoms with Gasteiger partial charge in [-0.3, -0.25) is 9.78 Å². The predicted octanol–water partition coefficient (Wildman–Crippen LogP) is 1.85. The number of hydrogen-bond acceptors (Lipinski definition) is 6. The molecule has 30 heavy (non-hydrogen) atoms. The second-order valence-corrected chi connectivity index (χ2v) is 7.48. The monoisotopic (exact) mass is 414 g/mol. The van der Waals surface area contributed by atoms with E-state index in [9.17, 15) is 9.18 Å². The zero-order chi connectivity index (χ0) is 20.7.